The monoisotopic (exact) mass is 551 g/mol. The third-order valence-corrected chi connectivity index (χ3v) is 8.33. The van der Waals surface area contributed by atoms with Gasteiger partial charge in [0, 0.05) is 18.8 Å². The first-order chi connectivity index (χ1) is 18.5. The van der Waals surface area contributed by atoms with Crippen LogP contribution >= 0.6 is 0 Å². The lowest BCUT2D eigenvalue weighted by atomic mass is 9.84. The van der Waals surface area contributed by atoms with Gasteiger partial charge < -0.3 is 20.3 Å². The quantitative estimate of drug-likeness (QED) is 0.355. The van der Waals surface area contributed by atoms with Crippen molar-refractivity contribution in [1.82, 2.24) is 15.2 Å². The zero-order chi connectivity index (χ0) is 27.8. The number of benzene rings is 1. The standard InChI is InChI=1S/C28H33F4N3O4/c29-22-12-17(11-21(14-22)28(30,31)32)15-34-26(38)27(20-1-2-20)7-3-23(16-39-27)35-9-5-18(6-10-35)19-4-8-33-24(13-19)25(36)37/h4,8,11-14,18,20,23,25,36-37H,1-3,5-7,9-10,15-16H2,(H,34,38)/t23-,27+/m1/s1. The summed E-state index contributed by atoms with van der Waals surface area (Å²) in [6.45, 7) is 1.88. The van der Waals surface area contributed by atoms with Gasteiger partial charge in [-0.25, -0.2) is 4.39 Å². The number of carbonyl (C=O) groups excluding carboxylic acids is 1. The van der Waals surface area contributed by atoms with Gasteiger partial charge in [-0.1, -0.05) is 0 Å². The van der Waals surface area contributed by atoms with Crippen molar-refractivity contribution in [2.45, 2.75) is 75.1 Å². The molecule has 0 bridgehead atoms. The van der Waals surface area contributed by atoms with Crippen LogP contribution in [0, 0.1) is 11.7 Å². The Labute approximate surface area is 224 Å². The average Bonchev–Trinajstić information content (AvgIpc) is 3.77. The van der Waals surface area contributed by atoms with Crippen LogP contribution in [0.2, 0.25) is 0 Å². The SMILES string of the molecule is O=C(NCc1cc(F)cc(C(F)(F)F)c1)[C@@]1(C2CC2)CC[C@@H](N2CCC(c3ccnc(C(O)O)c3)CC2)CO1. The Hall–Kier alpha value is -2.60. The number of ether oxygens (including phenoxy) is 1. The predicted molar refractivity (Wildman–Crippen MR) is 133 cm³/mol. The first-order valence-electron chi connectivity index (χ1n) is 13.4. The lowest BCUT2D eigenvalue weighted by molar-refractivity contribution is -0.165. The number of rotatable bonds is 7. The van der Waals surface area contributed by atoms with Crippen LogP contribution < -0.4 is 5.32 Å². The molecule has 3 heterocycles. The maximum atomic E-state index is 13.8. The molecule has 2 saturated heterocycles. The molecule has 3 N–H and O–H groups in total. The molecule has 0 radical (unpaired) electrons. The summed E-state index contributed by atoms with van der Waals surface area (Å²) in [6.07, 6.45) is 0.144. The molecule has 3 fully saturated rings. The van der Waals surface area contributed by atoms with E-state index in [9.17, 15) is 32.6 Å². The Balaban J connectivity index is 1.16. The number of aromatic nitrogens is 1. The van der Waals surface area contributed by atoms with E-state index in [0.717, 1.165) is 62.9 Å². The summed E-state index contributed by atoms with van der Waals surface area (Å²) in [5.41, 5.74) is -0.762. The predicted octanol–water partition coefficient (Wildman–Crippen LogP) is 4.05. The van der Waals surface area contributed by atoms with E-state index in [1.54, 1.807) is 12.3 Å². The molecule has 0 spiro atoms. The fourth-order valence-electron chi connectivity index (χ4n) is 6.01. The molecule has 3 aliphatic rings. The van der Waals surface area contributed by atoms with Crippen LogP contribution in [0.5, 0.6) is 0 Å². The minimum Gasteiger partial charge on any atom is -0.363 e. The number of carbonyl (C=O) groups is 1. The lowest BCUT2D eigenvalue weighted by Crippen LogP contribution is -2.57. The van der Waals surface area contributed by atoms with Gasteiger partial charge >= 0.3 is 6.18 Å². The molecule has 1 aromatic heterocycles. The van der Waals surface area contributed by atoms with Crippen LogP contribution in [0.4, 0.5) is 17.6 Å². The summed E-state index contributed by atoms with van der Waals surface area (Å²) in [5, 5.41) is 21.5. The van der Waals surface area contributed by atoms with Crippen LogP contribution in [0.1, 0.15) is 73.1 Å². The third-order valence-electron chi connectivity index (χ3n) is 8.33. The van der Waals surface area contributed by atoms with Gasteiger partial charge in [0.15, 0.2) is 6.29 Å². The lowest BCUT2D eigenvalue weighted by Gasteiger charge is -2.45. The van der Waals surface area contributed by atoms with Crippen LogP contribution in [-0.2, 0) is 22.3 Å². The molecule has 39 heavy (non-hydrogen) atoms. The fraction of sp³-hybridized carbons (Fsp3) is 0.571. The van der Waals surface area contributed by atoms with Crippen molar-refractivity contribution >= 4 is 5.91 Å². The largest absolute Gasteiger partial charge is 0.416 e. The van der Waals surface area contributed by atoms with E-state index in [4.69, 9.17) is 4.74 Å². The Kier molecular flexibility index (Phi) is 7.96. The number of amides is 1. The molecule has 1 amide bonds. The molecule has 2 atom stereocenters. The minimum atomic E-state index is -4.67. The summed E-state index contributed by atoms with van der Waals surface area (Å²) in [5.74, 6) is -0.977. The van der Waals surface area contributed by atoms with E-state index in [0.29, 0.717) is 25.0 Å². The highest BCUT2D eigenvalue weighted by atomic mass is 19.4. The van der Waals surface area contributed by atoms with Gasteiger partial charge in [-0.15, -0.1) is 0 Å². The smallest absolute Gasteiger partial charge is 0.363 e. The molecule has 212 valence electrons. The zero-order valence-corrected chi connectivity index (χ0v) is 21.5. The molecule has 2 aliphatic heterocycles. The van der Waals surface area contributed by atoms with E-state index >= 15 is 0 Å². The van der Waals surface area contributed by atoms with E-state index < -0.39 is 29.4 Å². The number of aliphatic hydroxyl groups excluding tert-OH is 1. The fourth-order valence-corrected chi connectivity index (χ4v) is 6.01. The summed E-state index contributed by atoms with van der Waals surface area (Å²) < 4.78 is 59.2. The molecular formula is C28H33F4N3O4. The number of alkyl halides is 3. The molecule has 0 unspecified atom stereocenters. The van der Waals surface area contributed by atoms with Crippen molar-refractivity contribution in [2.24, 2.45) is 5.92 Å². The maximum Gasteiger partial charge on any atom is 0.416 e. The van der Waals surface area contributed by atoms with Crippen LogP contribution in [0.15, 0.2) is 36.5 Å². The van der Waals surface area contributed by atoms with Crippen molar-refractivity contribution in [3.63, 3.8) is 0 Å². The third kappa shape index (κ3) is 6.26. The molecule has 1 saturated carbocycles. The zero-order valence-electron chi connectivity index (χ0n) is 21.5. The molecular weight excluding hydrogens is 518 g/mol. The van der Waals surface area contributed by atoms with Crippen LogP contribution in [0.25, 0.3) is 0 Å². The Morgan fingerprint density at radius 3 is 2.49 bits per heavy atom. The number of halogens is 4. The van der Waals surface area contributed by atoms with Crippen molar-refractivity contribution in [2.75, 3.05) is 19.7 Å². The second kappa shape index (κ2) is 11.1. The van der Waals surface area contributed by atoms with Crippen LogP contribution in [-0.4, -0.2) is 57.3 Å². The normalized spacial score (nSPS) is 25.2. The number of hydrogen-bond donors (Lipinski definition) is 3. The van der Waals surface area contributed by atoms with Crippen molar-refractivity contribution in [1.29, 1.82) is 0 Å². The Morgan fingerprint density at radius 2 is 1.87 bits per heavy atom. The summed E-state index contributed by atoms with van der Waals surface area (Å²) in [4.78, 5) is 19.7. The van der Waals surface area contributed by atoms with Gasteiger partial charge in [-0.2, -0.15) is 13.2 Å². The molecule has 2 aromatic rings. The number of hydrogen-bond acceptors (Lipinski definition) is 6. The Morgan fingerprint density at radius 1 is 1.13 bits per heavy atom. The van der Waals surface area contributed by atoms with Gasteiger partial charge in [0.25, 0.3) is 5.91 Å². The number of aliphatic hydroxyl groups is 2. The Bertz CT molecular complexity index is 1170. The summed E-state index contributed by atoms with van der Waals surface area (Å²) in [7, 11) is 0. The molecule has 5 rings (SSSR count). The molecule has 1 aliphatic carbocycles. The number of nitrogens with zero attached hydrogens (tertiary/aromatic N) is 2. The van der Waals surface area contributed by atoms with Gasteiger partial charge in [-0.05, 0) is 105 Å². The molecule has 11 heteroatoms. The average molecular weight is 552 g/mol. The highest BCUT2D eigenvalue weighted by Crippen LogP contribution is 2.47. The number of nitrogens with one attached hydrogen (secondary N) is 1. The highest BCUT2D eigenvalue weighted by molar-refractivity contribution is 5.86. The number of likely N-dealkylation sites (tertiary alicyclic amines) is 1. The maximum absolute atomic E-state index is 13.8. The van der Waals surface area contributed by atoms with Gasteiger partial charge in [0.05, 0.1) is 17.9 Å². The van der Waals surface area contributed by atoms with Gasteiger partial charge in [0.2, 0.25) is 0 Å². The minimum absolute atomic E-state index is 0.0491. The first-order valence-corrected chi connectivity index (χ1v) is 13.4. The number of piperidine rings is 1. The van der Waals surface area contributed by atoms with Gasteiger partial charge in [-0.3, -0.25) is 14.7 Å². The first kappa shape index (κ1) is 27.9. The second-order valence-electron chi connectivity index (χ2n) is 10.9. The summed E-state index contributed by atoms with van der Waals surface area (Å²) in [6, 6.07) is 6.11. The highest BCUT2D eigenvalue weighted by Gasteiger charge is 2.54. The second-order valence-corrected chi connectivity index (χ2v) is 10.9. The van der Waals surface area contributed by atoms with E-state index in [2.05, 4.69) is 15.2 Å². The van der Waals surface area contributed by atoms with E-state index in [1.807, 2.05) is 6.07 Å². The molecule has 1 aromatic carbocycles. The van der Waals surface area contributed by atoms with Crippen molar-refractivity contribution < 1.29 is 37.3 Å². The topological polar surface area (TPSA) is 94.9 Å². The van der Waals surface area contributed by atoms with Crippen molar-refractivity contribution in [3.8, 4) is 0 Å². The molecule has 7 nitrogen and oxygen atoms in total. The van der Waals surface area contributed by atoms with Gasteiger partial charge in [0.1, 0.15) is 11.4 Å². The van der Waals surface area contributed by atoms with Crippen LogP contribution in [0.3, 0.4) is 0 Å². The van der Waals surface area contributed by atoms with E-state index in [1.165, 1.54) is 0 Å². The van der Waals surface area contributed by atoms with E-state index in [-0.39, 0.29) is 35.7 Å². The van der Waals surface area contributed by atoms with Crippen molar-refractivity contribution in [3.05, 3.63) is 64.7 Å². The summed E-state index contributed by atoms with van der Waals surface area (Å²) >= 11 is 0. The number of pyridine rings is 1.